The van der Waals surface area contributed by atoms with Crippen LogP contribution in [0.15, 0.2) is 29.2 Å². The molecule has 1 aromatic carbocycles. The second kappa shape index (κ2) is 5.95. The predicted molar refractivity (Wildman–Crippen MR) is 72.6 cm³/mol. The number of hydrogen-bond donors (Lipinski definition) is 1. The van der Waals surface area contributed by atoms with Crippen LogP contribution in [0.25, 0.3) is 0 Å². The van der Waals surface area contributed by atoms with Crippen molar-refractivity contribution in [2.75, 3.05) is 13.1 Å². The first-order valence-corrected chi connectivity index (χ1v) is 7.20. The molecule has 88 valence electrons. The van der Waals surface area contributed by atoms with Crippen LogP contribution in [0, 0.1) is 0 Å². The zero-order valence-electron chi connectivity index (χ0n) is 9.58. The van der Waals surface area contributed by atoms with Crippen LogP contribution in [0.4, 0.5) is 0 Å². The molecule has 0 spiro atoms. The van der Waals surface area contributed by atoms with E-state index in [0.29, 0.717) is 5.25 Å². The van der Waals surface area contributed by atoms with Gasteiger partial charge in [-0.05, 0) is 24.5 Å². The number of fused-ring (bicyclic) bond motifs is 1. The molecule has 16 heavy (non-hydrogen) atoms. The summed E-state index contributed by atoms with van der Waals surface area (Å²) in [7, 11) is 0. The summed E-state index contributed by atoms with van der Waals surface area (Å²) in [5.74, 6) is 0. The van der Waals surface area contributed by atoms with Crippen molar-refractivity contribution in [1.82, 2.24) is 5.32 Å². The van der Waals surface area contributed by atoms with Crippen LogP contribution in [-0.4, -0.2) is 23.7 Å². The molecule has 0 saturated carbocycles. The first kappa shape index (κ1) is 12.3. The van der Waals surface area contributed by atoms with Crippen LogP contribution in [0.1, 0.15) is 18.9 Å². The van der Waals surface area contributed by atoms with Crippen molar-refractivity contribution in [2.24, 2.45) is 0 Å². The summed E-state index contributed by atoms with van der Waals surface area (Å²) in [5.41, 5.74) is 1.50. The number of thioether (sulfide) groups is 1. The highest BCUT2D eigenvalue weighted by atomic mass is 35.5. The van der Waals surface area contributed by atoms with E-state index in [1.54, 1.807) is 0 Å². The van der Waals surface area contributed by atoms with Crippen molar-refractivity contribution in [2.45, 2.75) is 35.3 Å². The minimum Gasteiger partial charge on any atom is -0.314 e. The smallest absolute Gasteiger partial charge is 0.0458 e. The lowest BCUT2D eigenvalue weighted by molar-refractivity contribution is 0.632. The van der Waals surface area contributed by atoms with Gasteiger partial charge in [0.25, 0.3) is 0 Å². The van der Waals surface area contributed by atoms with Crippen LogP contribution < -0.4 is 5.32 Å². The van der Waals surface area contributed by atoms with Gasteiger partial charge >= 0.3 is 0 Å². The molecule has 0 fully saturated rings. The molecular weight excluding hydrogens is 238 g/mol. The molecule has 1 aromatic rings. The predicted octanol–water partition coefficient (Wildman–Crippen LogP) is 3.31. The SMILES string of the molecule is CCC(Cl)CNCC1Cc2ccccc2S1. The number of nitrogens with one attached hydrogen (secondary N) is 1. The number of hydrogen-bond acceptors (Lipinski definition) is 2. The fourth-order valence-electron chi connectivity index (χ4n) is 1.91. The van der Waals surface area contributed by atoms with Crippen LogP contribution >= 0.6 is 23.4 Å². The highest BCUT2D eigenvalue weighted by Crippen LogP contribution is 2.36. The molecule has 1 heterocycles. The van der Waals surface area contributed by atoms with Gasteiger partial charge in [-0.15, -0.1) is 23.4 Å². The van der Waals surface area contributed by atoms with Crippen molar-refractivity contribution >= 4 is 23.4 Å². The monoisotopic (exact) mass is 255 g/mol. The van der Waals surface area contributed by atoms with Gasteiger partial charge in [-0.3, -0.25) is 0 Å². The fraction of sp³-hybridized carbons (Fsp3) is 0.538. The Bertz CT molecular complexity index is 317. The Hall–Kier alpha value is -0.180. The van der Waals surface area contributed by atoms with E-state index in [2.05, 4.69) is 36.5 Å². The summed E-state index contributed by atoms with van der Waals surface area (Å²) in [4.78, 5) is 1.45. The molecular formula is C13H18ClNS. The Morgan fingerprint density at radius 2 is 2.31 bits per heavy atom. The maximum absolute atomic E-state index is 6.07. The van der Waals surface area contributed by atoms with Gasteiger partial charge in [0.1, 0.15) is 0 Å². The molecule has 0 saturated heterocycles. The molecule has 0 radical (unpaired) electrons. The van der Waals surface area contributed by atoms with Gasteiger partial charge in [-0.1, -0.05) is 25.1 Å². The maximum atomic E-state index is 6.07. The Morgan fingerprint density at radius 1 is 1.50 bits per heavy atom. The average molecular weight is 256 g/mol. The van der Waals surface area contributed by atoms with Crippen LogP contribution in [0.5, 0.6) is 0 Å². The number of alkyl halides is 1. The Kier molecular flexibility index (Phi) is 4.56. The van der Waals surface area contributed by atoms with Crippen LogP contribution in [-0.2, 0) is 6.42 Å². The maximum Gasteiger partial charge on any atom is 0.0458 e. The number of halogens is 1. The van der Waals surface area contributed by atoms with E-state index in [-0.39, 0.29) is 5.38 Å². The Balaban J connectivity index is 1.75. The van der Waals surface area contributed by atoms with Crippen molar-refractivity contribution in [3.05, 3.63) is 29.8 Å². The molecule has 2 rings (SSSR count). The van der Waals surface area contributed by atoms with Gasteiger partial charge in [0.15, 0.2) is 0 Å². The summed E-state index contributed by atoms with van der Waals surface area (Å²) in [6.45, 7) is 4.10. The van der Waals surface area contributed by atoms with Crippen molar-refractivity contribution < 1.29 is 0 Å². The Labute approximate surface area is 107 Å². The van der Waals surface area contributed by atoms with E-state index in [1.807, 2.05) is 11.8 Å². The molecule has 0 aromatic heterocycles. The molecule has 2 unspecified atom stereocenters. The molecule has 1 aliphatic heterocycles. The molecule has 3 heteroatoms. The van der Waals surface area contributed by atoms with E-state index in [9.17, 15) is 0 Å². The van der Waals surface area contributed by atoms with Gasteiger partial charge in [-0.25, -0.2) is 0 Å². The van der Waals surface area contributed by atoms with Gasteiger partial charge in [0, 0.05) is 28.6 Å². The lowest BCUT2D eigenvalue weighted by Crippen LogP contribution is -2.29. The standard InChI is InChI=1S/C13H18ClNS/c1-2-11(14)8-15-9-12-7-10-5-3-4-6-13(10)16-12/h3-6,11-12,15H,2,7-9H2,1H3. The summed E-state index contributed by atoms with van der Waals surface area (Å²) in [6, 6.07) is 8.70. The third-order valence-corrected chi connectivity index (χ3v) is 4.68. The summed E-state index contributed by atoms with van der Waals surface area (Å²) >= 11 is 8.06. The largest absolute Gasteiger partial charge is 0.314 e. The zero-order chi connectivity index (χ0) is 11.4. The second-order valence-electron chi connectivity index (χ2n) is 4.22. The minimum atomic E-state index is 0.272. The molecule has 1 nitrogen and oxygen atoms in total. The third kappa shape index (κ3) is 3.16. The lowest BCUT2D eigenvalue weighted by Gasteiger charge is -2.12. The van der Waals surface area contributed by atoms with Gasteiger partial charge < -0.3 is 5.32 Å². The normalized spacial score (nSPS) is 20.8. The van der Waals surface area contributed by atoms with E-state index >= 15 is 0 Å². The summed E-state index contributed by atoms with van der Waals surface area (Å²) in [6.07, 6.45) is 2.22. The highest BCUT2D eigenvalue weighted by Gasteiger charge is 2.21. The summed E-state index contributed by atoms with van der Waals surface area (Å²) < 4.78 is 0. The fourth-order valence-corrected chi connectivity index (χ4v) is 3.31. The van der Waals surface area contributed by atoms with E-state index < -0.39 is 0 Å². The Morgan fingerprint density at radius 3 is 3.06 bits per heavy atom. The van der Waals surface area contributed by atoms with Crippen molar-refractivity contribution in [1.29, 1.82) is 0 Å². The van der Waals surface area contributed by atoms with Gasteiger partial charge in [-0.2, -0.15) is 0 Å². The van der Waals surface area contributed by atoms with E-state index in [0.717, 1.165) is 19.5 Å². The van der Waals surface area contributed by atoms with E-state index in [4.69, 9.17) is 11.6 Å². The minimum absolute atomic E-state index is 0.272. The molecule has 1 aliphatic rings. The summed E-state index contributed by atoms with van der Waals surface area (Å²) in [5, 5.41) is 4.41. The van der Waals surface area contributed by atoms with Crippen LogP contribution in [0.3, 0.4) is 0 Å². The zero-order valence-corrected chi connectivity index (χ0v) is 11.2. The molecule has 2 atom stereocenters. The number of benzene rings is 1. The van der Waals surface area contributed by atoms with E-state index in [1.165, 1.54) is 16.9 Å². The lowest BCUT2D eigenvalue weighted by atomic mass is 10.1. The molecule has 0 amide bonds. The van der Waals surface area contributed by atoms with Gasteiger partial charge in [0.2, 0.25) is 0 Å². The third-order valence-electron chi connectivity index (χ3n) is 2.89. The van der Waals surface area contributed by atoms with Crippen molar-refractivity contribution in [3.8, 4) is 0 Å². The quantitative estimate of drug-likeness (QED) is 0.811. The first-order chi connectivity index (χ1) is 7.79. The highest BCUT2D eigenvalue weighted by molar-refractivity contribution is 8.00. The first-order valence-electron chi connectivity index (χ1n) is 5.89. The topological polar surface area (TPSA) is 12.0 Å². The molecule has 1 N–H and O–H groups in total. The van der Waals surface area contributed by atoms with Crippen LogP contribution in [0.2, 0.25) is 0 Å². The second-order valence-corrected chi connectivity index (χ2v) is 6.17. The van der Waals surface area contributed by atoms with Crippen molar-refractivity contribution in [3.63, 3.8) is 0 Å². The number of rotatable bonds is 5. The average Bonchev–Trinajstić information content (AvgIpc) is 2.71. The molecule has 0 bridgehead atoms. The molecule has 0 aliphatic carbocycles. The van der Waals surface area contributed by atoms with Gasteiger partial charge in [0.05, 0.1) is 0 Å².